The van der Waals surface area contributed by atoms with Crippen molar-refractivity contribution in [2.45, 2.75) is 25.7 Å². The number of benzene rings is 2. The fourth-order valence-electron chi connectivity index (χ4n) is 4.48. The minimum atomic E-state index is -4.61. The van der Waals surface area contributed by atoms with E-state index in [0.717, 1.165) is 6.07 Å². The SMILES string of the molecule is COCCn1c(Cc2ccc(-c3cccc(OCc4ccc(C(F)(F)F)nc4N)n3)cc2F)nc2ccc(C(=O)O)cc21. The summed E-state index contributed by atoms with van der Waals surface area (Å²) < 4.78 is 66.6. The van der Waals surface area contributed by atoms with Gasteiger partial charge < -0.3 is 24.9 Å². The maximum absolute atomic E-state index is 15.4. The molecule has 0 atom stereocenters. The number of nitrogen functional groups attached to an aromatic ring is 1. The first-order chi connectivity index (χ1) is 20.5. The molecule has 0 amide bonds. The molecule has 43 heavy (non-hydrogen) atoms. The number of hydrogen-bond acceptors (Lipinski definition) is 7. The summed E-state index contributed by atoms with van der Waals surface area (Å²) in [5, 5.41) is 9.39. The van der Waals surface area contributed by atoms with Gasteiger partial charge in [0.15, 0.2) is 0 Å². The molecular weight excluding hydrogens is 570 g/mol. The Bertz CT molecular complexity index is 1810. The molecule has 0 aliphatic heterocycles. The number of halogens is 4. The van der Waals surface area contributed by atoms with E-state index in [1.165, 1.54) is 24.3 Å². The molecule has 3 aromatic heterocycles. The lowest BCUT2D eigenvalue weighted by Gasteiger charge is -2.12. The van der Waals surface area contributed by atoms with Gasteiger partial charge >= 0.3 is 12.1 Å². The van der Waals surface area contributed by atoms with Crippen LogP contribution in [-0.4, -0.2) is 44.3 Å². The molecule has 0 saturated carbocycles. The van der Waals surface area contributed by atoms with E-state index in [2.05, 4.69) is 15.0 Å². The fraction of sp³-hybridized carbons (Fsp3) is 0.200. The van der Waals surface area contributed by atoms with Gasteiger partial charge in [0, 0.05) is 37.3 Å². The largest absolute Gasteiger partial charge is 0.478 e. The second kappa shape index (κ2) is 12.1. The van der Waals surface area contributed by atoms with Gasteiger partial charge in [-0.1, -0.05) is 18.2 Å². The minimum absolute atomic E-state index is 0.117. The molecule has 0 radical (unpaired) electrons. The Hall–Kier alpha value is -5.04. The average molecular weight is 596 g/mol. The van der Waals surface area contributed by atoms with Crippen molar-refractivity contribution in [2.24, 2.45) is 0 Å². The molecule has 0 spiro atoms. The standard InChI is InChI=1S/C30H25F4N5O4/c1-42-12-11-39-24-14-19(29(40)41)7-9-23(24)36-26(39)15-17-5-6-18(13-21(17)31)22-3-2-4-27(37-22)43-16-20-8-10-25(30(32,33)34)38-28(20)35/h2-10,13-14H,11-12,15-16H2,1H3,(H2,35,38)(H,40,41). The molecule has 222 valence electrons. The van der Waals surface area contributed by atoms with E-state index in [1.54, 1.807) is 43.5 Å². The van der Waals surface area contributed by atoms with Gasteiger partial charge in [-0.25, -0.2) is 24.1 Å². The van der Waals surface area contributed by atoms with Crippen molar-refractivity contribution in [3.63, 3.8) is 0 Å². The van der Waals surface area contributed by atoms with Crippen molar-refractivity contribution >= 4 is 22.8 Å². The maximum atomic E-state index is 15.4. The van der Waals surface area contributed by atoms with E-state index in [0.29, 0.717) is 46.8 Å². The summed E-state index contributed by atoms with van der Waals surface area (Å²) in [6, 6.07) is 16.2. The summed E-state index contributed by atoms with van der Waals surface area (Å²) in [5.74, 6) is -1.15. The van der Waals surface area contributed by atoms with Gasteiger partial charge in [-0.3, -0.25) is 0 Å². The molecule has 0 fully saturated rings. The van der Waals surface area contributed by atoms with Crippen LogP contribution in [-0.2, 0) is 30.5 Å². The quantitative estimate of drug-likeness (QED) is 0.196. The van der Waals surface area contributed by atoms with Crippen molar-refractivity contribution < 1.29 is 36.9 Å². The van der Waals surface area contributed by atoms with Gasteiger partial charge in [-0.15, -0.1) is 0 Å². The summed E-state index contributed by atoms with van der Waals surface area (Å²) in [6.07, 6.45) is -4.47. The van der Waals surface area contributed by atoms with Crippen LogP contribution < -0.4 is 10.5 Å². The number of aromatic nitrogens is 4. The first-order valence-electron chi connectivity index (χ1n) is 13.0. The molecule has 3 heterocycles. The van der Waals surface area contributed by atoms with Crippen LogP contribution in [0.4, 0.5) is 23.4 Å². The number of methoxy groups -OCH3 is 1. The number of anilines is 1. The lowest BCUT2D eigenvalue weighted by Crippen LogP contribution is -2.11. The van der Waals surface area contributed by atoms with Crippen LogP contribution in [0.5, 0.6) is 5.88 Å². The first kappa shape index (κ1) is 29.5. The second-order valence-electron chi connectivity index (χ2n) is 9.55. The summed E-state index contributed by atoms with van der Waals surface area (Å²) in [4.78, 5) is 23.9. The van der Waals surface area contributed by atoms with Crippen LogP contribution in [0.3, 0.4) is 0 Å². The molecule has 3 N–H and O–H groups in total. The number of fused-ring (bicyclic) bond motifs is 1. The highest BCUT2D eigenvalue weighted by Crippen LogP contribution is 2.30. The summed E-state index contributed by atoms with van der Waals surface area (Å²) >= 11 is 0. The molecule has 0 bridgehead atoms. The maximum Gasteiger partial charge on any atom is 0.433 e. The van der Waals surface area contributed by atoms with Crippen molar-refractivity contribution in [3.8, 4) is 17.1 Å². The molecule has 0 unspecified atom stereocenters. The van der Waals surface area contributed by atoms with Crippen molar-refractivity contribution in [2.75, 3.05) is 19.5 Å². The third-order valence-electron chi connectivity index (χ3n) is 6.69. The Morgan fingerprint density at radius 3 is 2.49 bits per heavy atom. The number of ether oxygens (including phenoxy) is 2. The number of rotatable bonds is 10. The zero-order chi connectivity index (χ0) is 30.7. The number of nitrogens with two attached hydrogens (primary N) is 1. The van der Waals surface area contributed by atoms with Crippen molar-refractivity contribution in [3.05, 3.63) is 101 Å². The van der Waals surface area contributed by atoms with Crippen molar-refractivity contribution in [1.82, 2.24) is 19.5 Å². The summed E-state index contributed by atoms with van der Waals surface area (Å²) in [6.45, 7) is 0.581. The van der Waals surface area contributed by atoms with E-state index in [-0.39, 0.29) is 35.9 Å². The van der Waals surface area contributed by atoms with Crippen LogP contribution in [0.25, 0.3) is 22.3 Å². The predicted molar refractivity (Wildman–Crippen MR) is 149 cm³/mol. The van der Waals surface area contributed by atoms with Crippen LogP contribution >= 0.6 is 0 Å². The number of pyridine rings is 2. The molecule has 5 aromatic rings. The monoisotopic (exact) mass is 595 g/mol. The highest BCUT2D eigenvalue weighted by Gasteiger charge is 2.32. The van der Waals surface area contributed by atoms with E-state index in [9.17, 15) is 23.1 Å². The lowest BCUT2D eigenvalue weighted by molar-refractivity contribution is -0.141. The lowest BCUT2D eigenvalue weighted by atomic mass is 10.1. The zero-order valence-electron chi connectivity index (χ0n) is 22.7. The smallest absolute Gasteiger partial charge is 0.433 e. The highest BCUT2D eigenvalue weighted by molar-refractivity contribution is 5.92. The normalized spacial score (nSPS) is 11.7. The van der Waals surface area contributed by atoms with E-state index < -0.39 is 23.7 Å². The average Bonchev–Trinajstić information content (AvgIpc) is 3.32. The number of carboxylic acids is 1. The number of carbonyl (C=O) groups is 1. The zero-order valence-corrected chi connectivity index (χ0v) is 22.7. The Morgan fingerprint density at radius 1 is 1.00 bits per heavy atom. The molecule has 0 saturated heterocycles. The molecule has 2 aromatic carbocycles. The molecule has 0 aliphatic carbocycles. The van der Waals surface area contributed by atoms with E-state index in [4.69, 9.17) is 15.2 Å². The van der Waals surface area contributed by atoms with Crippen LogP contribution in [0.2, 0.25) is 0 Å². The number of aromatic carboxylic acids is 1. The molecule has 0 aliphatic rings. The number of alkyl halides is 3. The molecule has 5 rings (SSSR count). The van der Waals surface area contributed by atoms with Gasteiger partial charge in [-0.2, -0.15) is 13.2 Å². The van der Waals surface area contributed by atoms with Crippen LogP contribution in [0, 0.1) is 5.82 Å². The Morgan fingerprint density at radius 2 is 1.79 bits per heavy atom. The highest BCUT2D eigenvalue weighted by atomic mass is 19.4. The first-order valence-corrected chi connectivity index (χ1v) is 13.0. The number of nitrogens with zero attached hydrogens (tertiary/aromatic N) is 4. The third kappa shape index (κ3) is 6.56. The molecule has 13 heteroatoms. The van der Waals surface area contributed by atoms with Gasteiger partial charge in [-0.05, 0) is 48.0 Å². The number of carboxylic acid groups (broad SMARTS) is 1. The molecule has 9 nitrogen and oxygen atoms in total. The topological polar surface area (TPSA) is 125 Å². The second-order valence-corrected chi connectivity index (χ2v) is 9.55. The van der Waals surface area contributed by atoms with E-state index >= 15 is 4.39 Å². The predicted octanol–water partition coefficient (Wildman–Crippen LogP) is 5.75. The van der Waals surface area contributed by atoms with Gasteiger partial charge in [0.25, 0.3) is 0 Å². The Balaban J connectivity index is 1.35. The van der Waals surface area contributed by atoms with E-state index in [1.807, 2.05) is 4.57 Å². The minimum Gasteiger partial charge on any atom is -0.478 e. The number of hydrogen-bond donors (Lipinski definition) is 2. The summed E-state index contributed by atoms with van der Waals surface area (Å²) in [7, 11) is 1.55. The summed E-state index contributed by atoms with van der Waals surface area (Å²) in [5.41, 5.74) is 7.40. The third-order valence-corrected chi connectivity index (χ3v) is 6.69. The van der Waals surface area contributed by atoms with Gasteiger partial charge in [0.2, 0.25) is 5.88 Å². The van der Waals surface area contributed by atoms with Crippen LogP contribution in [0.1, 0.15) is 33.0 Å². The van der Waals surface area contributed by atoms with Crippen molar-refractivity contribution in [1.29, 1.82) is 0 Å². The fourth-order valence-corrected chi connectivity index (χ4v) is 4.48. The Kier molecular flexibility index (Phi) is 8.26. The van der Waals surface area contributed by atoms with Gasteiger partial charge in [0.1, 0.15) is 29.8 Å². The molecular formula is C30H25F4N5O4. The Labute approximate surface area is 242 Å². The van der Waals surface area contributed by atoms with Gasteiger partial charge in [0.05, 0.1) is 28.9 Å². The number of imidazole rings is 1. The van der Waals surface area contributed by atoms with Crippen LogP contribution in [0.15, 0.2) is 66.7 Å².